The van der Waals surface area contributed by atoms with Crippen LogP contribution in [0.1, 0.15) is 34.9 Å². The van der Waals surface area contributed by atoms with Crippen molar-refractivity contribution in [2.45, 2.75) is 18.8 Å². The van der Waals surface area contributed by atoms with Gasteiger partial charge in [-0.1, -0.05) is 6.07 Å². The Morgan fingerprint density at radius 1 is 1.45 bits per heavy atom. The van der Waals surface area contributed by atoms with Gasteiger partial charge in [-0.15, -0.1) is 11.3 Å². The van der Waals surface area contributed by atoms with Gasteiger partial charge < -0.3 is 5.32 Å². The molecule has 0 saturated carbocycles. The molecular formula is C14H16N4OS. The minimum Gasteiger partial charge on any atom is -0.316 e. The lowest BCUT2D eigenvalue weighted by molar-refractivity contribution is 0.102. The monoisotopic (exact) mass is 288 g/mol. The van der Waals surface area contributed by atoms with Crippen LogP contribution in [0.15, 0.2) is 29.8 Å². The molecule has 2 aromatic heterocycles. The number of nitrogens with one attached hydrogen (secondary N) is 2. The van der Waals surface area contributed by atoms with Gasteiger partial charge in [0.15, 0.2) is 5.13 Å². The molecule has 1 fully saturated rings. The molecule has 0 spiro atoms. The Bertz CT molecular complexity index is 579. The molecule has 1 aliphatic heterocycles. The highest BCUT2D eigenvalue weighted by molar-refractivity contribution is 7.13. The summed E-state index contributed by atoms with van der Waals surface area (Å²) in [5, 5.41) is 8.55. The van der Waals surface area contributed by atoms with Crippen LogP contribution >= 0.6 is 11.3 Å². The minimum absolute atomic E-state index is 0.203. The predicted octanol–water partition coefficient (Wildman–Crippen LogP) is 2.26. The Morgan fingerprint density at radius 3 is 3.15 bits per heavy atom. The maximum atomic E-state index is 12.1. The summed E-state index contributed by atoms with van der Waals surface area (Å²) in [5.41, 5.74) is 1.44. The number of piperidine rings is 1. The Balaban J connectivity index is 1.74. The molecule has 1 saturated heterocycles. The van der Waals surface area contributed by atoms with E-state index in [-0.39, 0.29) is 5.91 Å². The Labute approximate surface area is 121 Å². The first-order valence-corrected chi connectivity index (χ1v) is 7.59. The molecule has 3 rings (SSSR count). The van der Waals surface area contributed by atoms with E-state index in [2.05, 4.69) is 20.6 Å². The van der Waals surface area contributed by atoms with Crippen molar-refractivity contribution in [3.8, 4) is 0 Å². The number of rotatable bonds is 3. The van der Waals surface area contributed by atoms with Crippen LogP contribution in [0.3, 0.4) is 0 Å². The molecule has 0 unspecified atom stereocenters. The highest BCUT2D eigenvalue weighted by atomic mass is 32.1. The first-order chi connectivity index (χ1) is 9.83. The SMILES string of the molecule is O=C(Nc1nccs1)c1cccc([C@H]2CCCNC2)n1. The largest absolute Gasteiger partial charge is 0.316 e. The summed E-state index contributed by atoms with van der Waals surface area (Å²) in [6.07, 6.45) is 3.94. The summed E-state index contributed by atoms with van der Waals surface area (Å²) in [6.45, 7) is 2.01. The lowest BCUT2D eigenvalue weighted by atomic mass is 9.95. The standard InChI is InChI=1S/C14H16N4OS/c19-13(18-14-16-7-8-20-14)12-5-1-4-11(17-12)10-3-2-6-15-9-10/h1,4-5,7-8,10,15H,2-3,6,9H2,(H,16,18,19)/t10-/m0/s1. The molecule has 104 valence electrons. The summed E-state index contributed by atoms with van der Waals surface area (Å²) >= 11 is 1.40. The number of aromatic nitrogens is 2. The van der Waals surface area contributed by atoms with Crippen molar-refractivity contribution in [3.05, 3.63) is 41.2 Å². The summed E-state index contributed by atoms with van der Waals surface area (Å²) in [7, 11) is 0. The highest BCUT2D eigenvalue weighted by Gasteiger charge is 2.18. The summed E-state index contributed by atoms with van der Waals surface area (Å²) in [5.74, 6) is 0.196. The van der Waals surface area contributed by atoms with E-state index in [1.165, 1.54) is 11.3 Å². The Morgan fingerprint density at radius 2 is 2.40 bits per heavy atom. The molecule has 1 amide bonds. The van der Waals surface area contributed by atoms with E-state index in [1.54, 1.807) is 12.3 Å². The topological polar surface area (TPSA) is 66.9 Å². The maximum Gasteiger partial charge on any atom is 0.276 e. The Hall–Kier alpha value is -1.79. The lowest BCUT2D eigenvalue weighted by Gasteiger charge is -2.22. The van der Waals surface area contributed by atoms with Crippen molar-refractivity contribution < 1.29 is 4.79 Å². The number of amides is 1. The zero-order valence-corrected chi connectivity index (χ0v) is 11.8. The van der Waals surface area contributed by atoms with Gasteiger partial charge >= 0.3 is 0 Å². The van der Waals surface area contributed by atoms with Crippen LogP contribution < -0.4 is 10.6 Å². The number of anilines is 1. The third kappa shape index (κ3) is 3.02. The average molecular weight is 288 g/mol. The van der Waals surface area contributed by atoms with Crippen molar-refractivity contribution in [1.29, 1.82) is 0 Å². The normalized spacial score (nSPS) is 18.7. The van der Waals surface area contributed by atoms with Gasteiger partial charge in [0.1, 0.15) is 5.69 Å². The van der Waals surface area contributed by atoms with Crippen LogP contribution in [0.5, 0.6) is 0 Å². The van der Waals surface area contributed by atoms with Gasteiger partial charge in [-0.2, -0.15) is 0 Å². The van der Waals surface area contributed by atoms with Crippen molar-refractivity contribution in [2.75, 3.05) is 18.4 Å². The summed E-state index contributed by atoms with van der Waals surface area (Å²) < 4.78 is 0. The van der Waals surface area contributed by atoms with Crippen molar-refractivity contribution in [2.24, 2.45) is 0 Å². The molecule has 1 aliphatic rings. The molecule has 6 heteroatoms. The second kappa shape index (κ2) is 6.11. The fraction of sp³-hybridized carbons (Fsp3) is 0.357. The van der Waals surface area contributed by atoms with Crippen molar-refractivity contribution in [1.82, 2.24) is 15.3 Å². The molecule has 0 aliphatic carbocycles. The Kier molecular flexibility index (Phi) is 4.03. The van der Waals surface area contributed by atoms with Crippen molar-refractivity contribution >= 4 is 22.4 Å². The third-order valence-electron chi connectivity index (χ3n) is 3.37. The van der Waals surface area contributed by atoms with Gasteiger partial charge in [0, 0.05) is 29.7 Å². The van der Waals surface area contributed by atoms with Gasteiger partial charge in [0.25, 0.3) is 5.91 Å². The zero-order chi connectivity index (χ0) is 13.8. The second-order valence-electron chi connectivity index (χ2n) is 4.78. The molecule has 2 aromatic rings. The number of nitrogens with zero attached hydrogens (tertiary/aromatic N) is 2. The predicted molar refractivity (Wildman–Crippen MR) is 79.1 cm³/mol. The van der Waals surface area contributed by atoms with Gasteiger partial charge in [0.05, 0.1) is 0 Å². The van der Waals surface area contributed by atoms with E-state index >= 15 is 0 Å². The van der Waals surface area contributed by atoms with E-state index in [9.17, 15) is 4.79 Å². The smallest absolute Gasteiger partial charge is 0.276 e. The number of carbonyl (C=O) groups is 1. The number of hydrogen-bond acceptors (Lipinski definition) is 5. The van der Waals surface area contributed by atoms with Gasteiger partial charge in [-0.05, 0) is 31.5 Å². The first-order valence-electron chi connectivity index (χ1n) is 6.71. The molecule has 2 N–H and O–H groups in total. The number of carbonyl (C=O) groups excluding carboxylic acids is 1. The van der Waals surface area contributed by atoms with Gasteiger partial charge in [-0.25, -0.2) is 9.97 Å². The molecular weight excluding hydrogens is 272 g/mol. The van der Waals surface area contributed by atoms with E-state index in [4.69, 9.17) is 0 Å². The summed E-state index contributed by atoms with van der Waals surface area (Å²) in [6, 6.07) is 5.63. The van der Waals surface area contributed by atoms with Crippen LogP contribution in [0.25, 0.3) is 0 Å². The van der Waals surface area contributed by atoms with Crippen LogP contribution in [0.2, 0.25) is 0 Å². The summed E-state index contributed by atoms with van der Waals surface area (Å²) in [4.78, 5) is 20.7. The van der Waals surface area contributed by atoms with Gasteiger partial charge in [0.2, 0.25) is 0 Å². The quantitative estimate of drug-likeness (QED) is 0.909. The van der Waals surface area contributed by atoms with E-state index in [0.717, 1.165) is 31.6 Å². The van der Waals surface area contributed by atoms with Crippen molar-refractivity contribution in [3.63, 3.8) is 0 Å². The average Bonchev–Trinajstić information content (AvgIpc) is 3.01. The molecule has 5 nitrogen and oxygen atoms in total. The van der Waals surface area contributed by atoms with E-state index < -0.39 is 0 Å². The molecule has 1 atom stereocenters. The fourth-order valence-corrected chi connectivity index (χ4v) is 2.88. The second-order valence-corrected chi connectivity index (χ2v) is 5.68. The van der Waals surface area contributed by atoms with Crippen LogP contribution in [-0.4, -0.2) is 29.0 Å². The van der Waals surface area contributed by atoms with Crippen LogP contribution in [-0.2, 0) is 0 Å². The van der Waals surface area contributed by atoms with Crippen LogP contribution in [0.4, 0.5) is 5.13 Å². The lowest BCUT2D eigenvalue weighted by Crippen LogP contribution is -2.29. The number of pyridine rings is 1. The fourth-order valence-electron chi connectivity index (χ4n) is 2.36. The molecule has 3 heterocycles. The number of hydrogen-bond donors (Lipinski definition) is 2. The molecule has 0 radical (unpaired) electrons. The number of thiazole rings is 1. The minimum atomic E-state index is -0.203. The zero-order valence-electron chi connectivity index (χ0n) is 11.0. The highest BCUT2D eigenvalue weighted by Crippen LogP contribution is 2.21. The third-order valence-corrected chi connectivity index (χ3v) is 4.06. The molecule has 0 bridgehead atoms. The van der Waals surface area contributed by atoms with Crippen LogP contribution in [0, 0.1) is 0 Å². The first kappa shape index (κ1) is 13.2. The van der Waals surface area contributed by atoms with E-state index in [1.807, 2.05) is 17.5 Å². The van der Waals surface area contributed by atoms with Gasteiger partial charge in [-0.3, -0.25) is 10.1 Å². The molecule has 0 aromatic carbocycles. The van der Waals surface area contributed by atoms with E-state index in [0.29, 0.717) is 16.7 Å². The maximum absolute atomic E-state index is 12.1. The molecule has 20 heavy (non-hydrogen) atoms.